The number of carbonyl (C=O) groups is 1. The van der Waals surface area contributed by atoms with Gasteiger partial charge in [0.1, 0.15) is 5.82 Å². The zero-order valence-corrected chi connectivity index (χ0v) is 16.3. The summed E-state index contributed by atoms with van der Waals surface area (Å²) in [5.41, 5.74) is -0.673. The van der Waals surface area contributed by atoms with Crippen LogP contribution in [-0.2, 0) is 17.7 Å². The van der Waals surface area contributed by atoms with E-state index in [0.717, 1.165) is 24.5 Å². The topological polar surface area (TPSA) is 72.3 Å². The van der Waals surface area contributed by atoms with Gasteiger partial charge in [-0.25, -0.2) is 14.5 Å². The minimum atomic E-state index is -0.336. The smallest absolute Gasteiger partial charge is 0.317 e. The van der Waals surface area contributed by atoms with Crippen molar-refractivity contribution in [1.29, 1.82) is 0 Å². The fourth-order valence-corrected chi connectivity index (χ4v) is 3.89. The van der Waals surface area contributed by atoms with E-state index in [9.17, 15) is 4.79 Å². The molecule has 1 saturated heterocycles. The monoisotopic (exact) mass is 349 g/mol. The lowest BCUT2D eigenvalue weighted by molar-refractivity contribution is -0.170. The molecule has 0 aliphatic carbocycles. The largest absolute Gasteiger partial charge is 0.366 e. The van der Waals surface area contributed by atoms with Gasteiger partial charge in [0.2, 0.25) is 0 Å². The Morgan fingerprint density at radius 2 is 1.88 bits per heavy atom. The van der Waals surface area contributed by atoms with Gasteiger partial charge >= 0.3 is 6.03 Å². The molecule has 1 N–H and O–H groups in total. The van der Waals surface area contributed by atoms with Gasteiger partial charge in [0, 0.05) is 12.3 Å². The summed E-state index contributed by atoms with van der Waals surface area (Å²) in [4.78, 5) is 19.3. The lowest BCUT2D eigenvalue weighted by Gasteiger charge is -2.47. The molecule has 2 aliphatic heterocycles. The fourth-order valence-electron chi connectivity index (χ4n) is 3.89. The second-order valence-corrected chi connectivity index (χ2v) is 8.89. The fraction of sp³-hybridized carbons (Fsp3) is 0.833. The number of aromatic nitrogens is 3. The zero-order chi connectivity index (χ0) is 18.4. The highest BCUT2D eigenvalue weighted by Gasteiger charge is 2.40. The van der Waals surface area contributed by atoms with E-state index in [-0.39, 0.29) is 23.3 Å². The van der Waals surface area contributed by atoms with E-state index in [2.05, 4.69) is 29.2 Å². The molecule has 0 aromatic carbocycles. The minimum Gasteiger partial charge on any atom is -0.366 e. The third-order valence-electron chi connectivity index (χ3n) is 4.70. The van der Waals surface area contributed by atoms with Crippen LogP contribution in [0.3, 0.4) is 0 Å². The summed E-state index contributed by atoms with van der Waals surface area (Å²) in [7, 11) is 0. The van der Waals surface area contributed by atoms with Crippen molar-refractivity contribution >= 4 is 6.03 Å². The molecule has 3 heterocycles. The van der Waals surface area contributed by atoms with Crippen LogP contribution in [0.4, 0.5) is 4.79 Å². The Morgan fingerprint density at radius 3 is 2.48 bits per heavy atom. The number of fused-ring (bicyclic) bond motifs is 1. The van der Waals surface area contributed by atoms with Crippen molar-refractivity contribution in [3.05, 3.63) is 11.6 Å². The van der Waals surface area contributed by atoms with Gasteiger partial charge in [-0.05, 0) is 34.1 Å². The third kappa shape index (κ3) is 4.14. The maximum Gasteiger partial charge on any atom is 0.317 e. The average molecular weight is 349 g/mol. The summed E-state index contributed by atoms with van der Waals surface area (Å²) in [6.45, 7) is 14.2. The first kappa shape index (κ1) is 18.2. The van der Waals surface area contributed by atoms with Crippen molar-refractivity contribution in [2.24, 2.45) is 0 Å². The molecule has 1 aromatic heterocycles. The Labute approximate surface area is 150 Å². The number of ether oxygens (including phenoxy) is 1. The van der Waals surface area contributed by atoms with Crippen LogP contribution in [0.15, 0.2) is 0 Å². The van der Waals surface area contributed by atoms with E-state index in [0.29, 0.717) is 25.6 Å². The van der Waals surface area contributed by atoms with Gasteiger partial charge in [-0.1, -0.05) is 13.8 Å². The van der Waals surface area contributed by atoms with Crippen molar-refractivity contribution in [3.63, 3.8) is 0 Å². The molecule has 1 atom stereocenters. The molecule has 2 aliphatic rings. The second-order valence-electron chi connectivity index (χ2n) is 8.89. The van der Waals surface area contributed by atoms with E-state index >= 15 is 0 Å². The quantitative estimate of drug-likeness (QED) is 0.889. The molecule has 1 aromatic rings. The van der Waals surface area contributed by atoms with Crippen LogP contribution in [0.25, 0.3) is 0 Å². The minimum absolute atomic E-state index is 0.0119. The van der Waals surface area contributed by atoms with Crippen molar-refractivity contribution < 1.29 is 9.53 Å². The normalized spacial score (nSPS) is 24.9. The molecule has 0 bridgehead atoms. The molecular weight excluding hydrogens is 318 g/mol. The average Bonchev–Trinajstić information content (AvgIpc) is 2.87. The highest BCUT2D eigenvalue weighted by Crippen LogP contribution is 2.28. The molecule has 0 unspecified atom stereocenters. The Morgan fingerprint density at radius 1 is 1.24 bits per heavy atom. The predicted octanol–water partition coefficient (Wildman–Crippen LogP) is 2.32. The van der Waals surface area contributed by atoms with Crippen LogP contribution in [0.5, 0.6) is 0 Å². The molecule has 0 radical (unpaired) electrons. The van der Waals surface area contributed by atoms with Gasteiger partial charge in [0.05, 0.1) is 36.9 Å². The van der Waals surface area contributed by atoms with Crippen LogP contribution < -0.4 is 5.32 Å². The zero-order valence-electron chi connectivity index (χ0n) is 16.3. The van der Waals surface area contributed by atoms with E-state index in [4.69, 9.17) is 4.74 Å². The molecule has 3 rings (SSSR count). The molecule has 7 heteroatoms. The van der Waals surface area contributed by atoms with Crippen LogP contribution in [0.1, 0.15) is 65.5 Å². The second kappa shape index (κ2) is 6.27. The highest BCUT2D eigenvalue weighted by atomic mass is 16.5. The Balaban J connectivity index is 1.63. The van der Waals surface area contributed by atoms with E-state index in [1.54, 1.807) is 0 Å². The van der Waals surface area contributed by atoms with Crippen LogP contribution in [0.2, 0.25) is 0 Å². The molecular formula is C18H31N5O2. The van der Waals surface area contributed by atoms with Gasteiger partial charge in [0.15, 0.2) is 5.82 Å². The molecule has 0 spiro atoms. The SMILES string of the molecule is CC(C)c1nc2n(n1)C[C@H](NC(=O)N1CC(C)(C)OC(C)(C)C1)CC2. The predicted molar refractivity (Wildman–Crippen MR) is 95.6 cm³/mol. The lowest BCUT2D eigenvalue weighted by atomic mass is 9.99. The number of hydrogen-bond acceptors (Lipinski definition) is 4. The van der Waals surface area contributed by atoms with Crippen molar-refractivity contribution in [1.82, 2.24) is 25.0 Å². The molecule has 2 amide bonds. The van der Waals surface area contributed by atoms with Crippen LogP contribution >= 0.6 is 0 Å². The summed E-state index contributed by atoms with van der Waals surface area (Å²) < 4.78 is 8.01. The first-order valence-corrected chi connectivity index (χ1v) is 9.24. The molecule has 1 fully saturated rings. The third-order valence-corrected chi connectivity index (χ3v) is 4.70. The number of nitrogens with one attached hydrogen (secondary N) is 1. The van der Waals surface area contributed by atoms with Gasteiger partial charge in [-0.2, -0.15) is 5.10 Å². The first-order chi connectivity index (χ1) is 11.5. The van der Waals surface area contributed by atoms with Crippen molar-refractivity contribution in [3.8, 4) is 0 Å². The molecule has 140 valence electrons. The molecule has 0 saturated carbocycles. The maximum absolute atomic E-state index is 12.8. The lowest BCUT2D eigenvalue weighted by Crippen LogP contribution is -2.61. The number of amides is 2. The number of urea groups is 1. The van der Waals surface area contributed by atoms with Crippen LogP contribution in [0, 0.1) is 0 Å². The number of morpholine rings is 1. The Hall–Kier alpha value is -1.63. The summed E-state index contributed by atoms with van der Waals surface area (Å²) in [6, 6.07) is 0.0814. The summed E-state index contributed by atoms with van der Waals surface area (Å²) in [6.07, 6.45) is 1.75. The van der Waals surface area contributed by atoms with Gasteiger partial charge in [0.25, 0.3) is 0 Å². The standard InChI is InChI=1S/C18H31N5O2/c1-12(2)15-20-14-8-7-13(9-23(14)21-15)19-16(24)22-10-17(3,4)25-18(5,6)11-22/h12-13H,7-11H2,1-6H3,(H,19,24)/t13-/m1/s1. The number of carbonyl (C=O) groups excluding carboxylic acids is 1. The first-order valence-electron chi connectivity index (χ1n) is 9.24. The molecule has 7 nitrogen and oxygen atoms in total. The van der Waals surface area contributed by atoms with E-state index in [1.165, 1.54) is 0 Å². The van der Waals surface area contributed by atoms with E-state index in [1.807, 2.05) is 37.3 Å². The highest BCUT2D eigenvalue weighted by molar-refractivity contribution is 5.75. The Bertz CT molecular complexity index is 634. The van der Waals surface area contributed by atoms with Crippen molar-refractivity contribution in [2.75, 3.05) is 13.1 Å². The molecule has 25 heavy (non-hydrogen) atoms. The van der Waals surface area contributed by atoms with Gasteiger partial charge < -0.3 is 15.0 Å². The summed E-state index contributed by atoms with van der Waals surface area (Å²) >= 11 is 0. The number of hydrogen-bond donors (Lipinski definition) is 1. The van der Waals surface area contributed by atoms with E-state index < -0.39 is 0 Å². The summed E-state index contributed by atoms with van der Waals surface area (Å²) in [5, 5.41) is 7.77. The van der Waals surface area contributed by atoms with Gasteiger partial charge in [-0.3, -0.25) is 0 Å². The number of rotatable bonds is 2. The summed E-state index contributed by atoms with van der Waals surface area (Å²) in [5.74, 6) is 2.24. The van der Waals surface area contributed by atoms with Gasteiger partial charge in [-0.15, -0.1) is 0 Å². The van der Waals surface area contributed by atoms with Crippen LogP contribution in [-0.4, -0.2) is 56.0 Å². The number of aryl methyl sites for hydroxylation is 1. The van der Waals surface area contributed by atoms with Crippen molar-refractivity contribution in [2.45, 2.75) is 84.1 Å². The Kier molecular flexibility index (Phi) is 4.56. The maximum atomic E-state index is 12.8. The number of nitrogens with zero attached hydrogens (tertiary/aromatic N) is 4.